The van der Waals surface area contributed by atoms with Crippen molar-refractivity contribution >= 4 is 11.7 Å². The van der Waals surface area contributed by atoms with Crippen LogP contribution in [0.2, 0.25) is 0 Å². The molecule has 24 heavy (non-hydrogen) atoms. The molecule has 2 rings (SSSR count). The quantitative estimate of drug-likeness (QED) is 0.918. The minimum atomic E-state index is -0.222. The number of anilines is 1. The number of carbonyl (C=O) groups is 1. The maximum atomic E-state index is 12.5. The van der Waals surface area contributed by atoms with Crippen LogP contribution in [0.15, 0.2) is 47.4 Å². The third-order valence-corrected chi connectivity index (χ3v) is 3.57. The van der Waals surface area contributed by atoms with E-state index in [1.54, 1.807) is 36.3 Å². The van der Waals surface area contributed by atoms with Crippen molar-refractivity contribution in [2.45, 2.75) is 19.9 Å². The molecule has 0 aliphatic rings. The largest absolute Gasteiger partial charge is 0.322 e. The third-order valence-electron chi connectivity index (χ3n) is 3.57. The average molecular weight is 324 g/mol. The molecule has 1 heterocycles. The van der Waals surface area contributed by atoms with Crippen LogP contribution in [0.3, 0.4) is 0 Å². The first-order chi connectivity index (χ1) is 11.5. The van der Waals surface area contributed by atoms with Crippen molar-refractivity contribution in [1.82, 2.24) is 9.47 Å². The van der Waals surface area contributed by atoms with E-state index in [1.165, 1.54) is 10.6 Å². The molecule has 0 bridgehead atoms. The van der Waals surface area contributed by atoms with Crippen LogP contribution in [0.4, 0.5) is 10.5 Å². The Morgan fingerprint density at radius 1 is 1.25 bits per heavy atom. The number of nitriles is 1. The van der Waals surface area contributed by atoms with Crippen LogP contribution in [-0.4, -0.2) is 22.0 Å². The van der Waals surface area contributed by atoms with Gasteiger partial charge in [0.25, 0.3) is 0 Å². The standard InChI is InChI=1S/C18H20N4O2/c1-3-10-22(12-15-6-4-14(11-19)5-7-15)18(24)20-16-8-9-17(23)21(2)13-16/h4-9,13H,3,10,12H2,1-2H3,(H,20,24). The molecular weight excluding hydrogens is 304 g/mol. The van der Waals surface area contributed by atoms with Gasteiger partial charge in [0.1, 0.15) is 0 Å². The van der Waals surface area contributed by atoms with Crippen LogP contribution in [-0.2, 0) is 13.6 Å². The van der Waals surface area contributed by atoms with E-state index in [1.807, 2.05) is 19.1 Å². The van der Waals surface area contributed by atoms with Crippen LogP contribution in [0, 0.1) is 11.3 Å². The second-order valence-electron chi connectivity index (χ2n) is 5.53. The van der Waals surface area contributed by atoms with Gasteiger partial charge in [-0.1, -0.05) is 19.1 Å². The van der Waals surface area contributed by atoms with Gasteiger partial charge in [0, 0.05) is 32.4 Å². The number of pyridine rings is 1. The van der Waals surface area contributed by atoms with E-state index in [0.717, 1.165) is 12.0 Å². The Labute approximate surface area is 140 Å². The molecule has 0 unspecified atom stereocenters. The van der Waals surface area contributed by atoms with Crippen LogP contribution in [0.1, 0.15) is 24.5 Å². The van der Waals surface area contributed by atoms with E-state index in [0.29, 0.717) is 24.3 Å². The predicted octanol–water partition coefficient (Wildman–Crippen LogP) is 2.70. The molecule has 0 saturated heterocycles. The molecule has 0 aliphatic carbocycles. The molecule has 0 atom stereocenters. The number of nitrogens with one attached hydrogen (secondary N) is 1. The number of rotatable bonds is 5. The second-order valence-corrected chi connectivity index (χ2v) is 5.53. The highest BCUT2D eigenvalue weighted by Crippen LogP contribution is 2.10. The third kappa shape index (κ3) is 4.46. The maximum Gasteiger partial charge on any atom is 0.322 e. The zero-order valence-electron chi connectivity index (χ0n) is 13.8. The summed E-state index contributed by atoms with van der Waals surface area (Å²) in [6, 6.07) is 12.0. The molecule has 2 aromatic rings. The normalized spacial score (nSPS) is 10.0. The molecular formula is C18H20N4O2. The lowest BCUT2D eigenvalue weighted by molar-refractivity contribution is 0.209. The van der Waals surface area contributed by atoms with Crippen molar-refractivity contribution in [3.8, 4) is 6.07 Å². The summed E-state index contributed by atoms with van der Waals surface area (Å²) in [7, 11) is 1.64. The molecule has 124 valence electrons. The zero-order valence-corrected chi connectivity index (χ0v) is 13.8. The summed E-state index contributed by atoms with van der Waals surface area (Å²) in [5.74, 6) is 0. The van der Waals surface area contributed by atoms with Crippen molar-refractivity contribution in [3.63, 3.8) is 0 Å². The first-order valence-corrected chi connectivity index (χ1v) is 7.75. The molecule has 0 spiro atoms. The molecule has 0 fully saturated rings. The lowest BCUT2D eigenvalue weighted by Gasteiger charge is -2.23. The summed E-state index contributed by atoms with van der Waals surface area (Å²) in [5.41, 5.74) is 1.99. The smallest absolute Gasteiger partial charge is 0.320 e. The van der Waals surface area contributed by atoms with E-state index >= 15 is 0 Å². The Hall–Kier alpha value is -3.07. The lowest BCUT2D eigenvalue weighted by Crippen LogP contribution is -2.35. The van der Waals surface area contributed by atoms with E-state index < -0.39 is 0 Å². The van der Waals surface area contributed by atoms with Gasteiger partial charge in [0.05, 0.1) is 17.3 Å². The Kier molecular flexibility index (Phi) is 5.74. The number of benzene rings is 1. The van der Waals surface area contributed by atoms with Crippen molar-refractivity contribution in [2.24, 2.45) is 7.05 Å². The number of amides is 2. The summed E-state index contributed by atoms with van der Waals surface area (Å²) < 4.78 is 1.42. The minimum Gasteiger partial charge on any atom is -0.320 e. The molecule has 0 radical (unpaired) electrons. The summed E-state index contributed by atoms with van der Waals surface area (Å²) in [5, 5.41) is 11.7. The highest BCUT2D eigenvalue weighted by atomic mass is 16.2. The number of aromatic nitrogens is 1. The average Bonchev–Trinajstić information content (AvgIpc) is 2.58. The molecule has 1 aromatic heterocycles. The van der Waals surface area contributed by atoms with Gasteiger partial charge in [-0.3, -0.25) is 4.79 Å². The topological polar surface area (TPSA) is 78.1 Å². The number of urea groups is 1. The van der Waals surface area contributed by atoms with E-state index in [-0.39, 0.29) is 11.6 Å². The van der Waals surface area contributed by atoms with Crippen molar-refractivity contribution in [3.05, 3.63) is 64.1 Å². The number of nitrogens with zero attached hydrogens (tertiary/aromatic N) is 3. The molecule has 6 nitrogen and oxygen atoms in total. The van der Waals surface area contributed by atoms with Gasteiger partial charge in [-0.05, 0) is 30.2 Å². The molecule has 2 amide bonds. The van der Waals surface area contributed by atoms with Gasteiger partial charge < -0.3 is 14.8 Å². The van der Waals surface area contributed by atoms with Crippen molar-refractivity contribution in [2.75, 3.05) is 11.9 Å². The highest BCUT2D eigenvalue weighted by Gasteiger charge is 2.13. The second kappa shape index (κ2) is 7.97. The Balaban J connectivity index is 2.10. The van der Waals surface area contributed by atoms with E-state index in [9.17, 15) is 9.59 Å². The van der Waals surface area contributed by atoms with Crippen molar-refractivity contribution in [1.29, 1.82) is 5.26 Å². The Bertz CT molecular complexity index is 803. The first kappa shape index (κ1) is 17.3. The maximum absolute atomic E-state index is 12.5. The number of aryl methyl sites for hydroxylation is 1. The van der Waals surface area contributed by atoms with Gasteiger partial charge in [0.15, 0.2) is 0 Å². The van der Waals surface area contributed by atoms with Gasteiger partial charge >= 0.3 is 6.03 Å². The van der Waals surface area contributed by atoms with Crippen LogP contribution < -0.4 is 10.9 Å². The van der Waals surface area contributed by atoms with Gasteiger partial charge in [-0.2, -0.15) is 5.26 Å². The van der Waals surface area contributed by atoms with Crippen LogP contribution in [0.25, 0.3) is 0 Å². The van der Waals surface area contributed by atoms with Gasteiger partial charge in [0.2, 0.25) is 5.56 Å². The summed E-state index contributed by atoms with van der Waals surface area (Å²) in [6.45, 7) is 3.07. The van der Waals surface area contributed by atoms with Crippen LogP contribution >= 0.6 is 0 Å². The zero-order chi connectivity index (χ0) is 17.5. The SMILES string of the molecule is CCCN(Cc1ccc(C#N)cc1)C(=O)Nc1ccc(=O)n(C)c1. The molecule has 1 N–H and O–H groups in total. The Morgan fingerprint density at radius 2 is 1.96 bits per heavy atom. The molecule has 6 heteroatoms. The van der Waals surface area contributed by atoms with Gasteiger partial charge in [-0.15, -0.1) is 0 Å². The summed E-state index contributed by atoms with van der Waals surface area (Å²) in [4.78, 5) is 25.6. The summed E-state index contributed by atoms with van der Waals surface area (Å²) in [6.07, 6.45) is 2.42. The Morgan fingerprint density at radius 3 is 2.54 bits per heavy atom. The number of carbonyl (C=O) groups excluding carboxylic acids is 1. The number of hydrogen-bond donors (Lipinski definition) is 1. The fourth-order valence-corrected chi connectivity index (χ4v) is 2.30. The van der Waals surface area contributed by atoms with Gasteiger partial charge in [-0.25, -0.2) is 4.79 Å². The molecule has 0 saturated carbocycles. The predicted molar refractivity (Wildman–Crippen MR) is 92.6 cm³/mol. The summed E-state index contributed by atoms with van der Waals surface area (Å²) >= 11 is 0. The molecule has 0 aliphatic heterocycles. The number of hydrogen-bond acceptors (Lipinski definition) is 3. The lowest BCUT2D eigenvalue weighted by atomic mass is 10.1. The van der Waals surface area contributed by atoms with E-state index in [4.69, 9.17) is 5.26 Å². The van der Waals surface area contributed by atoms with Crippen molar-refractivity contribution < 1.29 is 4.79 Å². The molecule has 1 aromatic carbocycles. The first-order valence-electron chi connectivity index (χ1n) is 7.75. The van der Waals surface area contributed by atoms with Crippen LogP contribution in [0.5, 0.6) is 0 Å². The fraction of sp³-hybridized carbons (Fsp3) is 0.278. The fourth-order valence-electron chi connectivity index (χ4n) is 2.30. The highest BCUT2D eigenvalue weighted by molar-refractivity contribution is 5.89. The monoisotopic (exact) mass is 324 g/mol. The van der Waals surface area contributed by atoms with E-state index in [2.05, 4.69) is 11.4 Å². The minimum absolute atomic E-state index is 0.129.